The monoisotopic (exact) mass is 542 g/mol. The maximum Gasteiger partial charge on any atom is 0.192 e. The minimum atomic E-state index is -1.89. The van der Waals surface area contributed by atoms with Crippen molar-refractivity contribution in [3.05, 3.63) is 35.4 Å². The summed E-state index contributed by atoms with van der Waals surface area (Å²) in [6, 6.07) is 9.95. The number of nitrogens with two attached hydrogens (primary N) is 1. The Hall–Kier alpha value is -2.19. The van der Waals surface area contributed by atoms with Crippen LogP contribution in [0.2, 0.25) is 18.1 Å². The molecule has 0 aliphatic carbocycles. The zero-order valence-corrected chi connectivity index (χ0v) is 25.2. The predicted octanol–water partition coefficient (Wildman–Crippen LogP) is 7.24. The Morgan fingerprint density at radius 2 is 1.92 bits per heavy atom. The molecule has 2 heterocycles. The van der Waals surface area contributed by atoms with Gasteiger partial charge in [-0.25, -0.2) is 15.0 Å². The van der Waals surface area contributed by atoms with Gasteiger partial charge in [0.25, 0.3) is 0 Å². The minimum Gasteiger partial charge on any atom is -0.415 e. The standard InChI is InChI=1S/C26H38N6OS2Si/c1-16(2)12-20(15-33-36(7,8)26(4,5)6)29-22-21-23(30-24(28)35-21)32-25(31-22)34-17(3)19-11-9-10-18(13-19)14-27/h9-11,13,16-17,20H,12,15H2,1-8H3,(H3,28,29,30,31,32). The number of thiazole rings is 1. The van der Waals surface area contributed by atoms with Gasteiger partial charge >= 0.3 is 0 Å². The number of hydrogen-bond acceptors (Lipinski definition) is 9. The van der Waals surface area contributed by atoms with Gasteiger partial charge in [-0.05, 0) is 55.1 Å². The Morgan fingerprint density at radius 3 is 2.56 bits per heavy atom. The molecule has 0 bridgehead atoms. The molecule has 0 aliphatic rings. The molecule has 3 aromatic rings. The van der Waals surface area contributed by atoms with Gasteiger partial charge in [-0.2, -0.15) is 5.26 Å². The number of aromatic nitrogens is 3. The van der Waals surface area contributed by atoms with Crippen molar-refractivity contribution in [2.45, 2.75) is 82.5 Å². The molecule has 10 heteroatoms. The normalized spacial score (nSPS) is 14.1. The largest absolute Gasteiger partial charge is 0.415 e. The van der Waals surface area contributed by atoms with Gasteiger partial charge in [0.05, 0.1) is 18.2 Å². The van der Waals surface area contributed by atoms with Crippen LogP contribution in [0.25, 0.3) is 10.3 Å². The topological polar surface area (TPSA) is 110 Å². The molecule has 3 rings (SSSR count). The van der Waals surface area contributed by atoms with Crippen LogP contribution in [-0.2, 0) is 4.43 Å². The molecule has 2 atom stereocenters. The quantitative estimate of drug-likeness (QED) is 0.157. The smallest absolute Gasteiger partial charge is 0.192 e. The Bertz CT molecular complexity index is 1230. The number of nitriles is 1. The van der Waals surface area contributed by atoms with Crippen LogP contribution < -0.4 is 11.1 Å². The average Bonchev–Trinajstić information content (AvgIpc) is 3.16. The lowest BCUT2D eigenvalue weighted by atomic mass is 10.0. The molecule has 3 N–H and O–H groups in total. The fourth-order valence-corrected chi connectivity index (χ4v) is 6.17. The van der Waals surface area contributed by atoms with Crippen LogP contribution in [0.15, 0.2) is 29.4 Å². The summed E-state index contributed by atoms with van der Waals surface area (Å²) in [4.78, 5) is 14.1. The zero-order valence-electron chi connectivity index (χ0n) is 22.5. The number of nitrogen functional groups attached to an aromatic ring is 1. The third kappa shape index (κ3) is 7.19. The van der Waals surface area contributed by atoms with Crippen molar-refractivity contribution >= 4 is 52.7 Å². The molecule has 2 aromatic heterocycles. The minimum absolute atomic E-state index is 0.0629. The van der Waals surface area contributed by atoms with Crippen LogP contribution >= 0.6 is 23.1 Å². The number of rotatable bonds is 10. The molecule has 1 aromatic carbocycles. The Kier molecular flexibility index (Phi) is 9.04. The van der Waals surface area contributed by atoms with Crippen LogP contribution in [0.3, 0.4) is 0 Å². The summed E-state index contributed by atoms with van der Waals surface area (Å²) in [5.41, 5.74) is 8.36. The van der Waals surface area contributed by atoms with Crippen molar-refractivity contribution in [3.63, 3.8) is 0 Å². The summed E-state index contributed by atoms with van der Waals surface area (Å²) in [5.74, 6) is 1.25. The second-order valence-corrected chi connectivity index (χ2v) is 18.2. The van der Waals surface area contributed by atoms with Crippen molar-refractivity contribution in [2.75, 3.05) is 17.7 Å². The second-order valence-electron chi connectivity index (χ2n) is 11.1. The molecular formula is C26H38N6OS2Si. The summed E-state index contributed by atoms with van der Waals surface area (Å²) in [7, 11) is -1.89. The first kappa shape index (κ1) is 28.4. The summed E-state index contributed by atoms with van der Waals surface area (Å²) in [5, 5.41) is 14.2. The van der Waals surface area contributed by atoms with Gasteiger partial charge in [-0.1, -0.05) is 69.9 Å². The number of benzene rings is 1. The highest BCUT2D eigenvalue weighted by Gasteiger charge is 2.37. The highest BCUT2D eigenvalue weighted by molar-refractivity contribution is 7.99. The Balaban J connectivity index is 1.89. The summed E-state index contributed by atoms with van der Waals surface area (Å²) in [6.07, 6.45) is 0.953. The van der Waals surface area contributed by atoms with Crippen molar-refractivity contribution in [1.82, 2.24) is 15.0 Å². The molecule has 7 nitrogen and oxygen atoms in total. The third-order valence-electron chi connectivity index (χ3n) is 6.57. The van der Waals surface area contributed by atoms with E-state index in [0.29, 0.717) is 34.0 Å². The fourth-order valence-electron chi connectivity index (χ4n) is 3.51. The number of anilines is 2. The van der Waals surface area contributed by atoms with Gasteiger partial charge in [-0.3, -0.25) is 0 Å². The van der Waals surface area contributed by atoms with Crippen molar-refractivity contribution in [3.8, 4) is 6.07 Å². The third-order valence-corrected chi connectivity index (χ3v) is 13.0. The highest BCUT2D eigenvalue weighted by atomic mass is 32.2. The fraction of sp³-hybridized carbons (Fsp3) is 0.538. The molecule has 0 spiro atoms. The van der Waals surface area contributed by atoms with Gasteiger partial charge in [0, 0.05) is 11.3 Å². The van der Waals surface area contributed by atoms with Crippen LogP contribution in [0.4, 0.5) is 10.9 Å². The molecule has 0 radical (unpaired) electrons. The number of nitrogens with one attached hydrogen (secondary N) is 1. The Labute approximate surface area is 224 Å². The second kappa shape index (κ2) is 11.5. The van der Waals surface area contributed by atoms with Crippen LogP contribution in [-0.4, -0.2) is 35.9 Å². The van der Waals surface area contributed by atoms with Crippen LogP contribution in [0.1, 0.15) is 64.3 Å². The molecule has 0 saturated carbocycles. The summed E-state index contributed by atoms with van der Waals surface area (Å²) < 4.78 is 7.44. The van der Waals surface area contributed by atoms with E-state index in [1.54, 1.807) is 11.8 Å². The molecule has 2 unspecified atom stereocenters. The van der Waals surface area contributed by atoms with E-state index >= 15 is 0 Å². The first-order valence-electron chi connectivity index (χ1n) is 12.3. The molecule has 0 fully saturated rings. The molecular weight excluding hydrogens is 505 g/mol. The molecule has 0 amide bonds. The van der Waals surface area contributed by atoms with Gasteiger partial charge in [0.15, 0.2) is 30.1 Å². The highest BCUT2D eigenvalue weighted by Crippen LogP contribution is 2.38. The van der Waals surface area contributed by atoms with E-state index in [1.807, 2.05) is 24.3 Å². The lowest BCUT2D eigenvalue weighted by Gasteiger charge is -2.37. The number of nitrogens with zero attached hydrogens (tertiary/aromatic N) is 4. The maximum absolute atomic E-state index is 9.26. The zero-order chi connectivity index (χ0) is 26.7. The van der Waals surface area contributed by atoms with E-state index in [2.05, 4.69) is 71.0 Å². The predicted molar refractivity (Wildman–Crippen MR) is 155 cm³/mol. The van der Waals surface area contributed by atoms with E-state index in [4.69, 9.17) is 20.1 Å². The van der Waals surface area contributed by atoms with E-state index in [0.717, 1.165) is 22.5 Å². The number of hydrogen-bond donors (Lipinski definition) is 2. The van der Waals surface area contributed by atoms with Crippen molar-refractivity contribution < 1.29 is 4.43 Å². The Morgan fingerprint density at radius 1 is 1.19 bits per heavy atom. The SMILES string of the molecule is CC(C)CC(CO[Si](C)(C)C(C)(C)C)Nc1nc(SC(C)c2cccc(C#N)c2)nc2nc(N)sc12. The van der Waals surface area contributed by atoms with Crippen molar-refractivity contribution in [2.24, 2.45) is 5.92 Å². The first-order chi connectivity index (χ1) is 16.8. The van der Waals surface area contributed by atoms with E-state index < -0.39 is 8.32 Å². The summed E-state index contributed by atoms with van der Waals surface area (Å²) >= 11 is 2.94. The van der Waals surface area contributed by atoms with E-state index in [1.165, 1.54) is 11.3 Å². The van der Waals surface area contributed by atoms with Gasteiger partial charge in [0.2, 0.25) is 0 Å². The lowest BCUT2D eigenvalue weighted by molar-refractivity contribution is 0.257. The molecule has 194 valence electrons. The van der Waals surface area contributed by atoms with Gasteiger partial charge in [0.1, 0.15) is 4.70 Å². The average molecular weight is 543 g/mol. The molecule has 36 heavy (non-hydrogen) atoms. The van der Waals surface area contributed by atoms with Crippen LogP contribution in [0, 0.1) is 17.2 Å². The first-order valence-corrected chi connectivity index (χ1v) is 16.9. The van der Waals surface area contributed by atoms with Gasteiger partial charge < -0.3 is 15.5 Å². The van der Waals surface area contributed by atoms with E-state index in [9.17, 15) is 5.26 Å². The summed E-state index contributed by atoms with van der Waals surface area (Å²) in [6.45, 7) is 18.5. The van der Waals surface area contributed by atoms with E-state index in [-0.39, 0.29) is 16.3 Å². The van der Waals surface area contributed by atoms with Gasteiger partial charge in [-0.15, -0.1) is 0 Å². The van der Waals surface area contributed by atoms with Crippen molar-refractivity contribution in [1.29, 1.82) is 5.26 Å². The lowest BCUT2D eigenvalue weighted by Crippen LogP contribution is -2.44. The maximum atomic E-state index is 9.26. The molecule has 0 aliphatic heterocycles. The number of thioether (sulfide) groups is 1. The number of fused-ring (bicyclic) bond motifs is 1. The van der Waals surface area contributed by atoms with Crippen LogP contribution in [0.5, 0.6) is 0 Å². The molecule has 0 saturated heterocycles.